The van der Waals surface area contributed by atoms with Crippen molar-refractivity contribution in [2.24, 2.45) is 5.41 Å². The number of nitrogens with one attached hydrogen (secondary N) is 2. The molecule has 1 aromatic carbocycles. The number of carbonyl (C=O) groups excluding carboxylic acids is 1. The second-order valence-electron chi connectivity index (χ2n) is 6.28. The number of ether oxygens (including phenoxy) is 1. The lowest BCUT2D eigenvalue weighted by molar-refractivity contribution is -0.131. The molecule has 1 saturated heterocycles. The fraction of sp³-hybridized carbons (Fsp3) is 0.588. The molecule has 2 rings (SSSR count). The predicted octanol–water partition coefficient (Wildman–Crippen LogP) is 2.99. The number of amides is 1. The maximum Gasteiger partial charge on any atom is 0.227 e. The largest absolute Gasteiger partial charge is 0.496 e. The Morgan fingerprint density at radius 1 is 1.45 bits per heavy atom. The summed E-state index contributed by atoms with van der Waals surface area (Å²) in [4.78, 5) is 12.6. The molecule has 1 aliphatic rings. The molecule has 2 atom stereocenters. The topological polar surface area (TPSA) is 50.4 Å². The van der Waals surface area contributed by atoms with Crippen molar-refractivity contribution in [3.05, 3.63) is 29.3 Å². The predicted molar refractivity (Wildman–Crippen MR) is 91.7 cm³/mol. The van der Waals surface area contributed by atoms with Gasteiger partial charge in [0.2, 0.25) is 5.91 Å². The van der Waals surface area contributed by atoms with Crippen LogP contribution >= 0.6 is 12.4 Å². The van der Waals surface area contributed by atoms with E-state index < -0.39 is 0 Å². The third kappa shape index (κ3) is 4.14. The highest BCUT2D eigenvalue weighted by Crippen LogP contribution is 2.29. The second-order valence-corrected chi connectivity index (χ2v) is 6.28. The summed E-state index contributed by atoms with van der Waals surface area (Å²) < 4.78 is 5.41. The Labute approximate surface area is 139 Å². The van der Waals surface area contributed by atoms with Crippen LogP contribution in [0.3, 0.4) is 0 Å². The van der Waals surface area contributed by atoms with Gasteiger partial charge in [0.15, 0.2) is 0 Å². The van der Waals surface area contributed by atoms with Crippen LogP contribution in [0, 0.1) is 12.3 Å². The number of hydrogen-bond acceptors (Lipinski definition) is 3. The number of benzene rings is 1. The second kappa shape index (κ2) is 7.84. The van der Waals surface area contributed by atoms with Crippen LogP contribution in [0.2, 0.25) is 0 Å². The summed E-state index contributed by atoms with van der Waals surface area (Å²) in [6.45, 7) is 7.84. The molecule has 0 spiro atoms. The van der Waals surface area contributed by atoms with Gasteiger partial charge in [0.25, 0.3) is 0 Å². The summed E-state index contributed by atoms with van der Waals surface area (Å²) in [5.41, 5.74) is 1.87. The summed E-state index contributed by atoms with van der Waals surface area (Å²) in [6, 6.07) is 5.98. The Bertz CT molecular complexity index is 513. The van der Waals surface area contributed by atoms with Gasteiger partial charge in [-0.2, -0.15) is 0 Å². The first-order valence-electron chi connectivity index (χ1n) is 7.62. The Morgan fingerprint density at radius 2 is 2.18 bits per heavy atom. The summed E-state index contributed by atoms with van der Waals surface area (Å²) in [6.07, 6.45) is 1.98. The highest BCUT2D eigenvalue weighted by Gasteiger charge is 2.35. The Kier molecular flexibility index (Phi) is 6.69. The lowest BCUT2D eigenvalue weighted by atomic mass is 9.81. The van der Waals surface area contributed by atoms with E-state index in [1.54, 1.807) is 7.11 Å². The highest BCUT2D eigenvalue weighted by molar-refractivity contribution is 5.85. The van der Waals surface area contributed by atoms with Crippen molar-refractivity contribution in [2.45, 2.75) is 39.7 Å². The van der Waals surface area contributed by atoms with Gasteiger partial charge in [0.05, 0.1) is 18.6 Å². The molecule has 2 N–H and O–H groups in total. The van der Waals surface area contributed by atoms with Gasteiger partial charge in [-0.15, -0.1) is 12.4 Å². The molecule has 0 radical (unpaired) electrons. The lowest BCUT2D eigenvalue weighted by Gasteiger charge is -2.34. The molecule has 0 aliphatic carbocycles. The number of halogens is 1. The molecule has 0 bridgehead atoms. The average molecular weight is 327 g/mol. The van der Waals surface area contributed by atoms with E-state index in [9.17, 15) is 4.79 Å². The summed E-state index contributed by atoms with van der Waals surface area (Å²) in [5.74, 6) is 0.936. The van der Waals surface area contributed by atoms with Gasteiger partial charge in [0.1, 0.15) is 5.75 Å². The van der Waals surface area contributed by atoms with Gasteiger partial charge in [-0.05, 0) is 46.2 Å². The number of rotatable bonds is 4. The van der Waals surface area contributed by atoms with Gasteiger partial charge in [-0.25, -0.2) is 0 Å². The Morgan fingerprint density at radius 3 is 2.77 bits per heavy atom. The van der Waals surface area contributed by atoms with Gasteiger partial charge in [-0.1, -0.05) is 17.7 Å². The van der Waals surface area contributed by atoms with E-state index in [4.69, 9.17) is 4.74 Å². The normalized spacial score (nSPS) is 22.4. The van der Waals surface area contributed by atoms with E-state index >= 15 is 0 Å². The minimum Gasteiger partial charge on any atom is -0.496 e. The van der Waals surface area contributed by atoms with Crippen LogP contribution in [0.1, 0.15) is 43.9 Å². The lowest BCUT2D eigenvalue weighted by Crippen LogP contribution is -2.49. The van der Waals surface area contributed by atoms with Crippen LogP contribution in [0.15, 0.2) is 18.2 Å². The fourth-order valence-corrected chi connectivity index (χ4v) is 2.89. The molecule has 2 unspecified atom stereocenters. The monoisotopic (exact) mass is 326 g/mol. The summed E-state index contributed by atoms with van der Waals surface area (Å²) >= 11 is 0. The third-order valence-corrected chi connectivity index (χ3v) is 4.34. The minimum atomic E-state index is -0.316. The molecule has 22 heavy (non-hydrogen) atoms. The van der Waals surface area contributed by atoms with Crippen LogP contribution in [-0.2, 0) is 4.79 Å². The molecule has 1 amide bonds. The summed E-state index contributed by atoms with van der Waals surface area (Å²) in [5, 5.41) is 6.46. The first kappa shape index (κ1) is 18.8. The number of carbonyl (C=O) groups is 1. The summed E-state index contributed by atoms with van der Waals surface area (Å²) in [7, 11) is 1.66. The van der Waals surface area contributed by atoms with Crippen molar-refractivity contribution in [3.8, 4) is 5.75 Å². The standard InChI is InChI=1S/C17H26N2O2.ClH/c1-12-6-7-15(21-4)14(10-12)13(2)19-16(20)17(3)8-5-9-18-11-17;/h6-7,10,13,18H,5,8-9,11H2,1-4H3,(H,19,20);1H. The molecule has 1 aromatic rings. The van der Waals surface area contributed by atoms with Gasteiger partial charge < -0.3 is 15.4 Å². The molecule has 1 heterocycles. The number of methoxy groups -OCH3 is 1. The fourth-order valence-electron chi connectivity index (χ4n) is 2.89. The quantitative estimate of drug-likeness (QED) is 0.894. The van der Waals surface area contributed by atoms with Crippen molar-refractivity contribution >= 4 is 18.3 Å². The van der Waals surface area contributed by atoms with E-state index in [1.165, 1.54) is 0 Å². The molecule has 4 nitrogen and oxygen atoms in total. The van der Waals surface area contributed by atoms with Crippen molar-refractivity contribution < 1.29 is 9.53 Å². The Balaban J connectivity index is 0.00000242. The maximum absolute atomic E-state index is 12.6. The number of aryl methyl sites for hydroxylation is 1. The molecule has 5 heteroatoms. The highest BCUT2D eigenvalue weighted by atomic mass is 35.5. The smallest absolute Gasteiger partial charge is 0.227 e. The molecular weight excluding hydrogens is 300 g/mol. The minimum absolute atomic E-state index is 0. The van der Waals surface area contributed by atoms with Crippen LogP contribution < -0.4 is 15.4 Å². The molecule has 0 aromatic heterocycles. The van der Waals surface area contributed by atoms with Gasteiger partial charge in [0, 0.05) is 12.1 Å². The van der Waals surface area contributed by atoms with Crippen molar-refractivity contribution in [2.75, 3.05) is 20.2 Å². The number of hydrogen-bond donors (Lipinski definition) is 2. The Hall–Kier alpha value is -1.26. The molecule has 124 valence electrons. The molecule has 0 saturated carbocycles. The van der Waals surface area contributed by atoms with Gasteiger partial charge >= 0.3 is 0 Å². The van der Waals surface area contributed by atoms with Crippen molar-refractivity contribution in [1.29, 1.82) is 0 Å². The van der Waals surface area contributed by atoms with Gasteiger partial charge in [-0.3, -0.25) is 4.79 Å². The first-order valence-corrected chi connectivity index (χ1v) is 7.62. The van der Waals surface area contributed by atoms with Crippen LogP contribution in [-0.4, -0.2) is 26.1 Å². The van der Waals surface area contributed by atoms with Crippen molar-refractivity contribution in [3.63, 3.8) is 0 Å². The van der Waals surface area contributed by atoms with Crippen LogP contribution in [0.5, 0.6) is 5.75 Å². The first-order chi connectivity index (χ1) is 9.96. The zero-order valence-electron chi connectivity index (χ0n) is 13.9. The van der Waals surface area contributed by atoms with E-state index in [2.05, 4.69) is 16.7 Å². The van der Waals surface area contributed by atoms with Crippen molar-refractivity contribution in [1.82, 2.24) is 10.6 Å². The average Bonchev–Trinajstić information content (AvgIpc) is 2.47. The van der Waals surface area contributed by atoms with E-state index in [0.717, 1.165) is 42.8 Å². The maximum atomic E-state index is 12.6. The van der Waals surface area contributed by atoms with E-state index in [0.29, 0.717) is 0 Å². The van der Waals surface area contributed by atoms with E-state index in [1.807, 2.05) is 32.9 Å². The number of piperidine rings is 1. The molecular formula is C17H27ClN2O2. The molecule has 1 aliphatic heterocycles. The third-order valence-electron chi connectivity index (χ3n) is 4.34. The molecule has 1 fully saturated rings. The van der Waals surface area contributed by atoms with Crippen LogP contribution in [0.4, 0.5) is 0 Å². The van der Waals surface area contributed by atoms with E-state index in [-0.39, 0.29) is 29.8 Å². The zero-order valence-corrected chi connectivity index (χ0v) is 14.7. The SMILES string of the molecule is COc1ccc(C)cc1C(C)NC(=O)C1(C)CCCNC1.Cl. The van der Waals surface area contributed by atoms with Crippen LogP contribution in [0.25, 0.3) is 0 Å². The zero-order chi connectivity index (χ0) is 15.5.